The summed E-state index contributed by atoms with van der Waals surface area (Å²) in [6, 6.07) is 11.3. The van der Waals surface area contributed by atoms with Crippen LogP contribution in [0.2, 0.25) is 0 Å². The van der Waals surface area contributed by atoms with Gasteiger partial charge in [-0.1, -0.05) is 17.7 Å². The predicted molar refractivity (Wildman–Crippen MR) is 107 cm³/mol. The average molecular weight is 406 g/mol. The number of amides is 2. The highest BCUT2D eigenvalue weighted by Gasteiger charge is 2.48. The van der Waals surface area contributed by atoms with Crippen LogP contribution in [-0.2, 0) is 9.59 Å². The number of nitro groups is 1. The Kier molecular flexibility index (Phi) is 4.91. The summed E-state index contributed by atoms with van der Waals surface area (Å²) in [6.45, 7) is 1.95. The van der Waals surface area contributed by atoms with E-state index in [-0.39, 0.29) is 40.7 Å². The van der Waals surface area contributed by atoms with Crippen LogP contribution in [0.25, 0.3) is 0 Å². The second kappa shape index (κ2) is 7.55. The highest BCUT2D eigenvalue weighted by Crippen LogP contribution is 2.40. The van der Waals surface area contributed by atoms with E-state index in [1.54, 1.807) is 12.1 Å². The number of anilines is 1. The van der Waals surface area contributed by atoms with E-state index in [1.807, 2.05) is 13.0 Å². The van der Waals surface area contributed by atoms with E-state index in [1.165, 1.54) is 41.3 Å². The lowest BCUT2D eigenvalue weighted by molar-refractivity contribution is -0.384. The number of benzene rings is 2. The van der Waals surface area contributed by atoms with Crippen molar-refractivity contribution >= 4 is 29.2 Å². The number of ether oxygens (including phenoxy) is 1. The molecule has 0 saturated carbocycles. The largest absolute Gasteiger partial charge is 0.423 e. The molecule has 8 heteroatoms. The van der Waals surface area contributed by atoms with Crippen molar-refractivity contribution in [3.05, 3.63) is 75.9 Å². The van der Waals surface area contributed by atoms with Crippen molar-refractivity contribution in [2.45, 2.75) is 19.8 Å². The first kappa shape index (κ1) is 19.5. The Balaban J connectivity index is 1.53. The minimum Gasteiger partial charge on any atom is -0.423 e. The molecule has 30 heavy (non-hydrogen) atoms. The summed E-state index contributed by atoms with van der Waals surface area (Å²) >= 11 is 0. The van der Waals surface area contributed by atoms with Crippen LogP contribution in [0.5, 0.6) is 5.75 Å². The molecule has 2 unspecified atom stereocenters. The summed E-state index contributed by atoms with van der Waals surface area (Å²) in [5.41, 5.74) is 1.47. The Hall–Kier alpha value is -3.81. The molecule has 0 N–H and O–H groups in total. The smallest absolute Gasteiger partial charge is 0.343 e. The van der Waals surface area contributed by atoms with Gasteiger partial charge in [-0.15, -0.1) is 0 Å². The molecule has 1 heterocycles. The van der Waals surface area contributed by atoms with Crippen LogP contribution in [0.3, 0.4) is 0 Å². The van der Waals surface area contributed by atoms with E-state index >= 15 is 0 Å². The summed E-state index contributed by atoms with van der Waals surface area (Å²) in [6.07, 6.45) is 3.12. The Morgan fingerprint density at radius 2 is 1.80 bits per heavy atom. The summed E-state index contributed by atoms with van der Waals surface area (Å²) in [5.74, 6) is -1.72. The van der Waals surface area contributed by atoms with Crippen molar-refractivity contribution in [3.8, 4) is 5.75 Å². The van der Waals surface area contributed by atoms with Gasteiger partial charge in [0.25, 0.3) is 5.69 Å². The number of allylic oxidation sites excluding steroid dienone is 2. The minimum atomic E-state index is -0.699. The number of nitro benzene ring substituents is 1. The molecule has 2 atom stereocenters. The molecule has 0 radical (unpaired) electrons. The maximum absolute atomic E-state index is 12.9. The first-order valence-corrected chi connectivity index (χ1v) is 9.45. The van der Waals surface area contributed by atoms with E-state index < -0.39 is 10.9 Å². The third kappa shape index (κ3) is 3.47. The Morgan fingerprint density at radius 3 is 2.50 bits per heavy atom. The van der Waals surface area contributed by atoms with Gasteiger partial charge < -0.3 is 4.74 Å². The van der Waals surface area contributed by atoms with Crippen molar-refractivity contribution in [3.63, 3.8) is 0 Å². The molecule has 2 amide bonds. The Bertz CT molecular complexity index is 1090. The first-order valence-electron chi connectivity index (χ1n) is 9.45. The van der Waals surface area contributed by atoms with Crippen LogP contribution >= 0.6 is 0 Å². The van der Waals surface area contributed by atoms with Gasteiger partial charge in [-0.3, -0.25) is 19.7 Å². The maximum atomic E-state index is 12.9. The van der Waals surface area contributed by atoms with E-state index in [4.69, 9.17) is 4.74 Å². The maximum Gasteiger partial charge on any atom is 0.343 e. The molecule has 1 saturated heterocycles. The molecule has 2 aromatic carbocycles. The zero-order valence-corrected chi connectivity index (χ0v) is 16.1. The third-order valence-electron chi connectivity index (χ3n) is 5.42. The molecule has 2 aliphatic rings. The van der Waals surface area contributed by atoms with Crippen molar-refractivity contribution in [1.82, 2.24) is 0 Å². The molecule has 152 valence electrons. The van der Waals surface area contributed by atoms with E-state index in [0.717, 1.165) is 5.57 Å². The number of rotatable bonds is 4. The number of non-ortho nitro benzene ring substituents is 1. The van der Waals surface area contributed by atoms with Gasteiger partial charge in [-0.2, -0.15) is 0 Å². The number of carbonyl (C=O) groups is 3. The van der Waals surface area contributed by atoms with Crippen LogP contribution < -0.4 is 9.64 Å². The molecule has 1 fully saturated rings. The van der Waals surface area contributed by atoms with Crippen molar-refractivity contribution in [2.75, 3.05) is 4.90 Å². The van der Waals surface area contributed by atoms with Gasteiger partial charge in [-0.05, 0) is 44.0 Å². The predicted octanol–water partition coefficient (Wildman–Crippen LogP) is 3.66. The standard InChI is InChI=1S/C22H18N2O6/c1-13-5-10-18-19(11-13)21(26)23(20(18)25)16-3-2-4-17(12-16)30-22(27)14-6-8-15(9-7-14)24(28)29/h2-9,12,18-19H,10-11H2,1H3. The SMILES string of the molecule is CC1=CCC2C(=O)N(c3cccc(OC(=O)c4ccc([N+](=O)[O-])cc4)c3)C(=O)C2C1. The Morgan fingerprint density at radius 1 is 1.10 bits per heavy atom. The number of fused-ring (bicyclic) bond motifs is 1. The van der Waals surface area contributed by atoms with Crippen molar-refractivity contribution in [1.29, 1.82) is 0 Å². The lowest BCUT2D eigenvalue weighted by atomic mass is 9.82. The second-order valence-corrected chi connectivity index (χ2v) is 7.41. The molecule has 2 aromatic rings. The molecular formula is C22H18N2O6. The summed E-state index contributed by atoms with van der Waals surface area (Å²) in [5, 5.41) is 10.7. The number of carbonyl (C=O) groups excluding carboxylic acids is 3. The lowest BCUT2D eigenvalue weighted by Gasteiger charge is -2.18. The summed E-state index contributed by atoms with van der Waals surface area (Å²) < 4.78 is 5.34. The fraction of sp³-hybridized carbons (Fsp3) is 0.227. The van der Waals surface area contributed by atoms with Gasteiger partial charge in [0.05, 0.1) is 28.0 Å². The molecule has 8 nitrogen and oxygen atoms in total. The highest BCUT2D eigenvalue weighted by atomic mass is 16.6. The van der Waals surface area contributed by atoms with Gasteiger partial charge in [-0.25, -0.2) is 9.69 Å². The van der Waals surface area contributed by atoms with E-state index in [9.17, 15) is 24.5 Å². The molecule has 4 rings (SSSR count). The van der Waals surface area contributed by atoms with Crippen LogP contribution in [0.15, 0.2) is 60.2 Å². The normalized spacial score (nSPS) is 20.6. The quantitative estimate of drug-likeness (QED) is 0.192. The average Bonchev–Trinajstić information content (AvgIpc) is 2.98. The van der Waals surface area contributed by atoms with Crippen LogP contribution in [0, 0.1) is 22.0 Å². The van der Waals surface area contributed by atoms with E-state index in [2.05, 4.69) is 0 Å². The van der Waals surface area contributed by atoms with E-state index in [0.29, 0.717) is 18.5 Å². The number of imide groups is 1. The molecule has 0 aromatic heterocycles. The number of esters is 1. The zero-order chi connectivity index (χ0) is 21.4. The second-order valence-electron chi connectivity index (χ2n) is 7.41. The lowest BCUT2D eigenvalue weighted by Crippen LogP contribution is -2.30. The molecule has 0 spiro atoms. The summed E-state index contributed by atoms with van der Waals surface area (Å²) in [4.78, 5) is 49.4. The monoisotopic (exact) mass is 406 g/mol. The van der Waals surface area contributed by atoms with Crippen LogP contribution in [0.4, 0.5) is 11.4 Å². The van der Waals surface area contributed by atoms with Crippen LogP contribution in [-0.4, -0.2) is 22.7 Å². The van der Waals surface area contributed by atoms with Crippen molar-refractivity contribution in [2.24, 2.45) is 11.8 Å². The minimum absolute atomic E-state index is 0.134. The van der Waals surface area contributed by atoms with Gasteiger partial charge in [0.2, 0.25) is 11.8 Å². The van der Waals surface area contributed by atoms with Gasteiger partial charge in [0.15, 0.2) is 0 Å². The molecule has 0 bridgehead atoms. The topological polar surface area (TPSA) is 107 Å². The zero-order valence-electron chi connectivity index (χ0n) is 16.1. The highest BCUT2D eigenvalue weighted by molar-refractivity contribution is 6.22. The van der Waals surface area contributed by atoms with Gasteiger partial charge in [0.1, 0.15) is 5.75 Å². The number of nitrogens with zero attached hydrogens (tertiary/aromatic N) is 2. The summed E-state index contributed by atoms with van der Waals surface area (Å²) in [7, 11) is 0. The molecule has 1 aliphatic heterocycles. The van der Waals surface area contributed by atoms with Gasteiger partial charge in [0, 0.05) is 18.2 Å². The third-order valence-corrected chi connectivity index (χ3v) is 5.42. The molecular weight excluding hydrogens is 388 g/mol. The fourth-order valence-corrected chi connectivity index (χ4v) is 3.86. The fourth-order valence-electron chi connectivity index (χ4n) is 3.86. The van der Waals surface area contributed by atoms with Crippen LogP contribution in [0.1, 0.15) is 30.1 Å². The van der Waals surface area contributed by atoms with Gasteiger partial charge >= 0.3 is 5.97 Å². The Labute approximate surface area is 171 Å². The number of hydrogen-bond donors (Lipinski definition) is 0. The number of hydrogen-bond acceptors (Lipinski definition) is 6. The first-order chi connectivity index (χ1) is 14.3. The van der Waals surface area contributed by atoms with Crippen molar-refractivity contribution < 1.29 is 24.0 Å². The molecule has 1 aliphatic carbocycles.